The minimum absolute atomic E-state index is 0.0452. The lowest BCUT2D eigenvalue weighted by Crippen LogP contribution is -2.33. The number of nitrogens with zero attached hydrogens (tertiary/aromatic N) is 1. The highest BCUT2D eigenvalue weighted by Gasteiger charge is 2.19. The van der Waals surface area contributed by atoms with E-state index in [0.29, 0.717) is 35.3 Å². The zero-order valence-corrected chi connectivity index (χ0v) is 18.9. The van der Waals surface area contributed by atoms with E-state index in [1.807, 2.05) is 0 Å². The first-order valence-electron chi connectivity index (χ1n) is 9.80. The largest absolute Gasteiger partial charge is 0.495 e. The Labute approximate surface area is 174 Å². The minimum Gasteiger partial charge on any atom is -0.495 e. The molecule has 1 aromatic carbocycles. The summed E-state index contributed by atoms with van der Waals surface area (Å²) in [6.45, 7) is 5.19. The van der Waals surface area contributed by atoms with Crippen molar-refractivity contribution in [3.8, 4) is 5.75 Å². The van der Waals surface area contributed by atoms with Crippen molar-refractivity contribution in [2.75, 3.05) is 30.8 Å². The number of methoxy groups -OCH3 is 1. The van der Waals surface area contributed by atoms with E-state index in [-0.39, 0.29) is 18.9 Å². The second-order valence-electron chi connectivity index (χ2n) is 6.98. The minimum atomic E-state index is -3.49. The first kappa shape index (κ1) is 24.6. The Kier molecular flexibility index (Phi) is 10.7. The van der Waals surface area contributed by atoms with Gasteiger partial charge in [-0.3, -0.25) is 9.10 Å². The normalized spacial score (nSPS) is 12.5. The molecule has 8 heteroatoms. The third kappa shape index (κ3) is 8.27. The highest BCUT2D eigenvalue weighted by Crippen LogP contribution is 2.30. The Bertz CT molecular complexity index is 725. The maximum absolute atomic E-state index is 12.2. The molecule has 0 radical (unpaired) electrons. The van der Waals surface area contributed by atoms with Crippen molar-refractivity contribution in [2.45, 2.75) is 52.4 Å². The van der Waals surface area contributed by atoms with Crippen molar-refractivity contribution >= 4 is 33.2 Å². The lowest BCUT2D eigenvalue weighted by molar-refractivity contribution is -0.121. The number of nitrogens with one attached hydrogen (secondary N) is 1. The van der Waals surface area contributed by atoms with E-state index in [4.69, 9.17) is 16.3 Å². The summed E-state index contributed by atoms with van der Waals surface area (Å²) in [5.74, 6) is 0.931. The van der Waals surface area contributed by atoms with Crippen molar-refractivity contribution in [2.24, 2.45) is 5.92 Å². The Morgan fingerprint density at radius 3 is 2.54 bits per heavy atom. The van der Waals surface area contributed by atoms with Gasteiger partial charge in [-0.1, -0.05) is 44.7 Å². The molecule has 1 atom stereocenters. The summed E-state index contributed by atoms with van der Waals surface area (Å²) in [5.41, 5.74) is 0.458. The summed E-state index contributed by atoms with van der Waals surface area (Å²) in [6, 6.07) is 4.83. The summed E-state index contributed by atoms with van der Waals surface area (Å²) in [6.07, 6.45) is 6.33. The predicted octanol–water partition coefficient (Wildman–Crippen LogP) is 4.23. The Morgan fingerprint density at radius 1 is 1.29 bits per heavy atom. The van der Waals surface area contributed by atoms with Crippen molar-refractivity contribution in [1.29, 1.82) is 0 Å². The summed E-state index contributed by atoms with van der Waals surface area (Å²) in [7, 11) is -1.99. The molecule has 160 valence electrons. The zero-order chi connectivity index (χ0) is 21.2. The molecule has 1 N–H and O–H groups in total. The van der Waals surface area contributed by atoms with E-state index in [0.717, 1.165) is 25.5 Å². The number of hydrogen-bond donors (Lipinski definition) is 1. The highest BCUT2D eigenvalue weighted by molar-refractivity contribution is 7.92. The second kappa shape index (κ2) is 12.2. The van der Waals surface area contributed by atoms with Gasteiger partial charge in [0.2, 0.25) is 15.9 Å². The molecule has 1 amide bonds. The standard InChI is InChI=1S/C20H33ClN2O4S/c1-5-7-9-16(6-2)15-22-20(24)10-8-13-23(28(4,25)26)17-11-12-19(27-3)18(21)14-17/h11-12,14,16H,5-10,13,15H2,1-4H3,(H,22,24)/t16-/m0/s1. The zero-order valence-electron chi connectivity index (χ0n) is 17.3. The van der Waals surface area contributed by atoms with Gasteiger partial charge >= 0.3 is 0 Å². The number of anilines is 1. The van der Waals surface area contributed by atoms with Gasteiger partial charge in [-0.25, -0.2) is 8.42 Å². The molecule has 28 heavy (non-hydrogen) atoms. The van der Waals surface area contributed by atoms with Crippen LogP contribution in [0.15, 0.2) is 18.2 Å². The van der Waals surface area contributed by atoms with Crippen LogP contribution in [-0.2, 0) is 14.8 Å². The van der Waals surface area contributed by atoms with E-state index in [1.165, 1.54) is 17.8 Å². The number of amides is 1. The van der Waals surface area contributed by atoms with Crippen LogP contribution in [0, 0.1) is 5.92 Å². The molecule has 0 aliphatic heterocycles. The number of ether oxygens (including phenoxy) is 1. The molecule has 6 nitrogen and oxygen atoms in total. The lowest BCUT2D eigenvalue weighted by atomic mass is 9.99. The van der Waals surface area contributed by atoms with Gasteiger partial charge in [0.1, 0.15) is 5.75 Å². The summed E-state index contributed by atoms with van der Waals surface area (Å²) in [5, 5.41) is 3.31. The summed E-state index contributed by atoms with van der Waals surface area (Å²) in [4.78, 5) is 12.1. The van der Waals surface area contributed by atoms with Crippen LogP contribution in [0.4, 0.5) is 5.69 Å². The van der Waals surface area contributed by atoms with Crippen LogP contribution in [0.5, 0.6) is 5.75 Å². The van der Waals surface area contributed by atoms with Gasteiger partial charge in [0.05, 0.1) is 24.1 Å². The van der Waals surface area contributed by atoms with Crippen LogP contribution in [0.25, 0.3) is 0 Å². The molecule has 0 aliphatic rings. The van der Waals surface area contributed by atoms with Gasteiger partial charge in [-0.15, -0.1) is 0 Å². The second-order valence-corrected chi connectivity index (χ2v) is 9.29. The number of carbonyl (C=O) groups excluding carboxylic acids is 1. The van der Waals surface area contributed by atoms with Crippen molar-refractivity contribution in [3.05, 3.63) is 23.2 Å². The van der Waals surface area contributed by atoms with Crippen molar-refractivity contribution in [1.82, 2.24) is 5.32 Å². The molecular weight excluding hydrogens is 400 g/mol. The first-order valence-corrected chi connectivity index (χ1v) is 12.0. The van der Waals surface area contributed by atoms with Crippen LogP contribution in [0.3, 0.4) is 0 Å². The molecule has 0 heterocycles. The highest BCUT2D eigenvalue weighted by atomic mass is 35.5. The molecule has 1 rings (SSSR count). The van der Waals surface area contributed by atoms with Gasteiger partial charge in [0.15, 0.2) is 0 Å². The number of benzene rings is 1. The number of carbonyl (C=O) groups is 1. The molecule has 0 aromatic heterocycles. The fourth-order valence-corrected chi connectivity index (χ4v) is 4.18. The van der Waals surface area contributed by atoms with E-state index < -0.39 is 10.0 Å². The molecule has 0 bridgehead atoms. The number of sulfonamides is 1. The fourth-order valence-electron chi connectivity index (χ4n) is 2.97. The van der Waals surface area contributed by atoms with Crippen LogP contribution in [0.1, 0.15) is 52.4 Å². The van der Waals surface area contributed by atoms with Crippen LogP contribution < -0.4 is 14.4 Å². The van der Waals surface area contributed by atoms with Crippen LogP contribution in [-0.4, -0.2) is 40.8 Å². The maximum atomic E-state index is 12.2. The lowest BCUT2D eigenvalue weighted by Gasteiger charge is -2.23. The van der Waals surface area contributed by atoms with Crippen molar-refractivity contribution in [3.63, 3.8) is 0 Å². The average molecular weight is 433 g/mol. The van der Waals surface area contributed by atoms with E-state index >= 15 is 0 Å². The molecule has 1 aromatic rings. The molecule has 0 spiro atoms. The Hall–Kier alpha value is -1.47. The number of rotatable bonds is 13. The number of unbranched alkanes of at least 4 members (excludes halogenated alkanes) is 1. The molecule has 0 saturated carbocycles. The quantitative estimate of drug-likeness (QED) is 0.506. The van der Waals surface area contributed by atoms with Crippen LogP contribution in [0.2, 0.25) is 5.02 Å². The van der Waals surface area contributed by atoms with Gasteiger partial charge in [-0.05, 0) is 37.0 Å². The third-order valence-electron chi connectivity index (χ3n) is 4.72. The first-order chi connectivity index (χ1) is 13.2. The molecule has 0 unspecified atom stereocenters. The molecule has 0 saturated heterocycles. The Morgan fingerprint density at radius 2 is 2.00 bits per heavy atom. The van der Waals surface area contributed by atoms with E-state index in [2.05, 4.69) is 19.2 Å². The summed E-state index contributed by atoms with van der Waals surface area (Å²) >= 11 is 6.12. The van der Waals surface area contributed by atoms with E-state index in [1.54, 1.807) is 18.2 Å². The van der Waals surface area contributed by atoms with Gasteiger partial charge in [0.25, 0.3) is 0 Å². The molecule has 0 fully saturated rings. The smallest absolute Gasteiger partial charge is 0.232 e. The monoisotopic (exact) mass is 432 g/mol. The molecule has 0 aliphatic carbocycles. The third-order valence-corrected chi connectivity index (χ3v) is 6.21. The van der Waals surface area contributed by atoms with E-state index in [9.17, 15) is 13.2 Å². The van der Waals surface area contributed by atoms with Gasteiger partial charge in [0, 0.05) is 19.5 Å². The van der Waals surface area contributed by atoms with Gasteiger partial charge < -0.3 is 10.1 Å². The average Bonchev–Trinajstić information content (AvgIpc) is 2.64. The van der Waals surface area contributed by atoms with Crippen molar-refractivity contribution < 1.29 is 17.9 Å². The molecular formula is C20H33ClN2O4S. The SMILES string of the molecule is CCCC[C@H](CC)CNC(=O)CCCN(c1ccc(OC)c(Cl)c1)S(C)(=O)=O. The topological polar surface area (TPSA) is 75.7 Å². The Balaban J connectivity index is 2.61. The fraction of sp³-hybridized carbons (Fsp3) is 0.650. The predicted molar refractivity (Wildman–Crippen MR) is 116 cm³/mol. The maximum Gasteiger partial charge on any atom is 0.232 e. The van der Waals surface area contributed by atoms with Gasteiger partial charge in [-0.2, -0.15) is 0 Å². The summed E-state index contributed by atoms with van der Waals surface area (Å²) < 4.78 is 30.7. The number of halogens is 1. The number of hydrogen-bond acceptors (Lipinski definition) is 4. The van der Waals surface area contributed by atoms with Crippen LogP contribution >= 0.6 is 11.6 Å².